The van der Waals surface area contributed by atoms with Gasteiger partial charge in [0.05, 0.1) is 6.54 Å². The Kier molecular flexibility index (Phi) is 5.65. The molecule has 6 heteroatoms. The number of carbonyl (C=O) groups excluding carboxylic acids is 1. The first-order valence-corrected chi connectivity index (χ1v) is 10.0. The Bertz CT molecular complexity index is 945. The average molecular weight is 380 g/mol. The Balaban J connectivity index is 1.45. The lowest BCUT2D eigenvalue weighted by atomic mass is 10.2. The van der Waals surface area contributed by atoms with Crippen molar-refractivity contribution < 1.29 is 9.18 Å². The second-order valence-corrected chi connectivity index (χ2v) is 7.49. The lowest BCUT2D eigenvalue weighted by molar-refractivity contribution is -0.121. The van der Waals surface area contributed by atoms with Crippen molar-refractivity contribution in [3.8, 4) is 0 Å². The Labute approximate surface area is 164 Å². The number of aromatic nitrogens is 3. The van der Waals surface area contributed by atoms with Gasteiger partial charge in [0.1, 0.15) is 17.2 Å². The van der Waals surface area contributed by atoms with E-state index < -0.39 is 0 Å². The summed E-state index contributed by atoms with van der Waals surface area (Å²) in [6, 6.07) is 10.7. The van der Waals surface area contributed by atoms with Gasteiger partial charge in [0, 0.05) is 25.1 Å². The van der Waals surface area contributed by atoms with E-state index >= 15 is 0 Å². The fourth-order valence-corrected chi connectivity index (χ4v) is 3.91. The van der Waals surface area contributed by atoms with E-state index in [1.165, 1.54) is 25.0 Å². The van der Waals surface area contributed by atoms with Crippen molar-refractivity contribution in [2.75, 3.05) is 0 Å². The van der Waals surface area contributed by atoms with Crippen molar-refractivity contribution in [3.05, 3.63) is 59.8 Å². The lowest BCUT2D eigenvalue weighted by Crippen LogP contribution is -2.32. The molecule has 4 rings (SSSR count). The molecule has 1 aromatic carbocycles. The number of amides is 1. The molecule has 1 amide bonds. The zero-order chi connectivity index (χ0) is 19.3. The van der Waals surface area contributed by atoms with Gasteiger partial charge < -0.3 is 9.88 Å². The quantitative estimate of drug-likeness (QED) is 0.674. The van der Waals surface area contributed by atoms with E-state index in [9.17, 15) is 9.18 Å². The second kappa shape index (κ2) is 8.50. The fourth-order valence-electron chi connectivity index (χ4n) is 3.91. The van der Waals surface area contributed by atoms with Crippen molar-refractivity contribution in [1.29, 1.82) is 0 Å². The van der Waals surface area contributed by atoms with E-state index in [4.69, 9.17) is 4.98 Å². The van der Waals surface area contributed by atoms with Gasteiger partial charge in [0.15, 0.2) is 5.65 Å². The second-order valence-electron chi connectivity index (χ2n) is 7.49. The van der Waals surface area contributed by atoms with E-state index in [0.717, 1.165) is 41.8 Å². The van der Waals surface area contributed by atoms with Crippen LogP contribution in [0.25, 0.3) is 11.2 Å². The number of rotatable bonds is 7. The molecule has 0 radical (unpaired) electrons. The van der Waals surface area contributed by atoms with Crippen LogP contribution in [0.5, 0.6) is 0 Å². The number of benzene rings is 1. The van der Waals surface area contributed by atoms with Gasteiger partial charge in [-0.15, -0.1) is 0 Å². The van der Waals surface area contributed by atoms with Gasteiger partial charge in [-0.2, -0.15) is 0 Å². The van der Waals surface area contributed by atoms with Gasteiger partial charge in [-0.25, -0.2) is 14.4 Å². The number of pyridine rings is 1. The molecular weight excluding hydrogens is 355 g/mol. The minimum atomic E-state index is -0.245. The van der Waals surface area contributed by atoms with Crippen LogP contribution in [0.4, 0.5) is 4.39 Å². The molecule has 1 N–H and O–H groups in total. The van der Waals surface area contributed by atoms with Gasteiger partial charge in [-0.05, 0) is 49.1 Å². The number of carbonyl (C=O) groups is 1. The van der Waals surface area contributed by atoms with Crippen LogP contribution in [0, 0.1) is 5.82 Å². The van der Waals surface area contributed by atoms with Crippen molar-refractivity contribution >= 4 is 17.1 Å². The number of halogens is 1. The zero-order valence-electron chi connectivity index (χ0n) is 15.9. The zero-order valence-corrected chi connectivity index (χ0v) is 15.9. The normalized spacial score (nSPS) is 14.6. The predicted molar refractivity (Wildman–Crippen MR) is 106 cm³/mol. The SMILES string of the molecule is O=C(CCCc1nc2cccnc2n1Cc1ccc(F)cc1)NC1CCCC1. The van der Waals surface area contributed by atoms with E-state index in [-0.39, 0.29) is 11.7 Å². The average Bonchev–Trinajstić information content (AvgIpc) is 3.32. The molecule has 0 aliphatic heterocycles. The molecule has 0 unspecified atom stereocenters. The molecule has 5 nitrogen and oxygen atoms in total. The highest BCUT2D eigenvalue weighted by Gasteiger charge is 2.17. The number of hydrogen-bond acceptors (Lipinski definition) is 3. The van der Waals surface area contributed by atoms with E-state index in [1.807, 2.05) is 12.1 Å². The standard InChI is InChI=1S/C22H25FN4O/c23-17-12-10-16(11-13-17)15-27-20(26-19-7-4-14-24-22(19)27)8-3-9-21(28)25-18-5-1-2-6-18/h4,7,10-14,18H,1-3,5-6,8-9,15H2,(H,25,28). The summed E-state index contributed by atoms with van der Waals surface area (Å²) in [7, 11) is 0. The summed E-state index contributed by atoms with van der Waals surface area (Å²) in [5.74, 6) is 0.795. The molecule has 0 spiro atoms. The van der Waals surface area contributed by atoms with Crippen LogP contribution in [0.3, 0.4) is 0 Å². The molecule has 3 aromatic rings. The highest BCUT2D eigenvalue weighted by atomic mass is 19.1. The smallest absolute Gasteiger partial charge is 0.220 e. The summed E-state index contributed by atoms with van der Waals surface area (Å²) in [6.07, 6.45) is 8.33. The monoisotopic (exact) mass is 380 g/mol. The Morgan fingerprint density at radius 3 is 2.75 bits per heavy atom. The van der Waals surface area contributed by atoms with Crippen LogP contribution in [-0.4, -0.2) is 26.5 Å². The maximum absolute atomic E-state index is 13.2. The summed E-state index contributed by atoms with van der Waals surface area (Å²) >= 11 is 0. The third-order valence-corrected chi connectivity index (χ3v) is 5.36. The lowest BCUT2D eigenvalue weighted by Gasteiger charge is -2.12. The molecule has 0 atom stereocenters. The number of fused-ring (bicyclic) bond motifs is 1. The summed E-state index contributed by atoms with van der Waals surface area (Å²) in [6.45, 7) is 0.581. The van der Waals surface area contributed by atoms with Crippen LogP contribution in [0.2, 0.25) is 0 Å². The van der Waals surface area contributed by atoms with Gasteiger partial charge in [0.2, 0.25) is 5.91 Å². The van der Waals surface area contributed by atoms with Crippen LogP contribution >= 0.6 is 0 Å². The van der Waals surface area contributed by atoms with Gasteiger partial charge in [0.25, 0.3) is 0 Å². The summed E-state index contributed by atoms with van der Waals surface area (Å²) < 4.78 is 15.3. The molecule has 1 aliphatic rings. The highest BCUT2D eigenvalue weighted by molar-refractivity contribution is 5.76. The molecular formula is C22H25FN4O. The highest BCUT2D eigenvalue weighted by Crippen LogP contribution is 2.19. The third-order valence-electron chi connectivity index (χ3n) is 5.36. The largest absolute Gasteiger partial charge is 0.353 e. The molecule has 0 saturated heterocycles. The molecule has 28 heavy (non-hydrogen) atoms. The van der Waals surface area contributed by atoms with Crippen LogP contribution in [0.15, 0.2) is 42.6 Å². The van der Waals surface area contributed by atoms with Crippen LogP contribution in [-0.2, 0) is 17.8 Å². The molecule has 146 valence electrons. The first kappa shape index (κ1) is 18.6. The number of nitrogens with zero attached hydrogens (tertiary/aromatic N) is 3. The van der Waals surface area contributed by atoms with Crippen molar-refractivity contribution in [2.45, 2.75) is 57.5 Å². The molecule has 1 fully saturated rings. The van der Waals surface area contributed by atoms with Crippen molar-refractivity contribution in [1.82, 2.24) is 19.9 Å². The first-order chi connectivity index (χ1) is 13.7. The maximum atomic E-state index is 13.2. The van der Waals surface area contributed by atoms with E-state index in [2.05, 4.69) is 14.9 Å². The number of nitrogens with one attached hydrogen (secondary N) is 1. The van der Waals surface area contributed by atoms with Gasteiger partial charge >= 0.3 is 0 Å². The van der Waals surface area contributed by atoms with Gasteiger partial charge in [-0.3, -0.25) is 4.79 Å². The van der Waals surface area contributed by atoms with E-state index in [1.54, 1.807) is 18.3 Å². The first-order valence-electron chi connectivity index (χ1n) is 10.0. The topological polar surface area (TPSA) is 59.8 Å². The molecule has 0 bridgehead atoms. The Hall–Kier alpha value is -2.76. The molecule has 2 heterocycles. The summed E-state index contributed by atoms with van der Waals surface area (Å²) in [5.41, 5.74) is 2.65. The third kappa shape index (κ3) is 4.38. The minimum absolute atomic E-state index is 0.131. The predicted octanol–water partition coefficient (Wildman–Crippen LogP) is 4.00. The Morgan fingerprint density at radius 2 is 1.96 bits per heavy atom. The number of imidazole rings is 1. The molecule has 1 aliphatic carbocycles. The van der Waals surface area contributed by atoms with Crippen LogP contribution < -0.4 is 5.32 Å². The van der Waals surface area contributed by atoms with Crippen LogP contribution in [0.1, 0.15) is 49.9 Å². The minimum Gasteiger partial charge on any atom is -0.353 e. The van der Waals surface area contributed by atoms with Crippen molar-refractivity contribution in [3.63, 3.8) is 0 Å². The molecule has 1 saturated carbocycles. The fraction of sp³-hybridized carbons (Fsp3) is 0.409. The maximum Gasteiger partial charge on any atom is 0.220 e. The summed E-state index contributed by atoms with van der Waals surface area (Å²) in [4.78, 5) is 21.4. The number of aryl methyl sites for hydroxylation is 1. The molecule has 2 aromatic heterocycles. The van der Waals surface area contributed by atoms with E-state index in [0.29, 0.717) is 25.4 Å². The summed E-state index contributed by atoms with van der Waals surface area (Å²) in [5, 5.41) is 3.14. The Morgan fingerprint density at radius 1 is 1.18 bits per heavy atom. The van der Waals surface area contributed by atoms with Gasteiger partial charge in [-0.1, -0.05) is 25.0 Å². The van der Waals surface area contributed by atoms with Crippen molar-refractivity contribution in [2.24, 2.45) is 0 Å². The number of hydrogen-bond donors (Lipinski definition) is 1.